The van der Waals surface area contributed by atoms with Gasteiger partial charge in [-0.3, -0.25) is 0 Å². The molecule has 0 amide bonds. The highest BCUT2D eigenvalue weighted by molar-refractivity contribution is 7.91. The summed E-state index contributed by atoms with van der Waals surface area (Å²) >= 11 is 1.02. The van der Waals surface area contributed by atoms with Gasteiger partial charge in [-0.1, -0.05) is 6.92 Å². The van der Waals surface area contributed by atoms with E-state index in [9.17, 15) is 8.42 Å². The zero-order chi connectivity index (χ0) is 14.0. The maximum atomic E-state index is 12.6. The van der Waals surface area contributed by atoms with Crippen LogP contribution in [0.2, 0.25) is 0 Å². The van der Waals surface area contributed by atoms with Crippen molar-refractivity contribution < 1.29 is 8.42 Å². The molecule has 1 aromatic heterocycles. The van der Waals surface area contributed by atoms with Crippen LogP contribution in [0.1, 0.15) is 24.6 Å². The van der Waals surface area contributed by atoms with E-state index in [0.717, 1.165) is 24.2 Å². The van der Waals surface area contributed by atoms with Gasteiger partial charge >= 0.3 is 0 Å². The molecule has 0 radical (unpaired) electrons. The first kappa shape index (κ1) is 14.5. The van der Waals surface area contributed by atoms with E-state index >= 15 is 0 Å². The van der Waals surface area contributed by atoms with Crippen LogP contribution >= 0.6 is 11.3 Å². The molecule has 0 aliphatic carbocycles. The van der Waals surface area contributed by atoms with Crippen LogP contribution in [0.25, 0.3) is 0 Å². The number of hydrogen-bond donors (Lipinski definition) is 1. The summed E-state index contributed by atoms with van der Waals surface area (Å²) in [7, 11) is -3.52. The van der Waals surface area contributed by atoms with Crippen molar-refractivity contribution in [3.05, 3.63) is 17.0 Å². The van der Waals surface area contributed by atoms with Crippen LogP contribution in [0, 0.1) is 17.2 Å². The molecule has 1 aromatic rings. The quantitative estimate of drug-likeness (QED) is 0.913. The van der Waals surface area contributed by atoms with E-state index in [2.05, 4.69) is 0 Å². The molecule has 2 rings (SSSR count). The molecule has 19 heavy (non-hydrogen) atoms. The molecule has 1 aliphatic heterocycles. The number of nitrogens with zero attached hydrogens (tertiary/aromatic N) is 2. The van der Waals surface area contributed by atoms with Gasteiger partial charge in [0.05, 0.1) is 0 Å². The lowest BCUT2D eigenvalue weighted by Gasteiger charge is -2.37. The number of nitrogens with two attached hydrogens (primary N) is 1. The lowest BCUT2D eigenvalue weighted by molar-refractivity contribution is 0.193. The average Bonchev–Trinajstić information content (AvgIpc) is 2.87. The van der Waals surface area contributed by atoms with E-state index in [0.29, 0.717) is 18.0 Å². The predicted molar refractivity (Wildman–Crippen MR) is 74.2 cm³/mol. The lowest BCUT2D eigenvalue weighted by atomic mass is 9.93. The Labute approximate surface area is 117 Å². The molecular weight excluding hydrogens is 282 g/mol. The van der Waals surface area contributed by atoms with Gasteiger partial charge in [0.15, 0.2) is 0 Å². The average molecular weight is 299 g/mol. The Kier molecular flexibility index (Phi) is 4.26. The van der Waals surface area contributed by atoms with E-state index in [1.54, 1.807) is 6.07 Å². The molecule has 2 heterocycles. The summed E-state index contributed by atoms with van der Waals surface area (Å²) in [5.74, 6) is 0.268. The van der Waals surface area contributed by atoms with Crippen molar-refractivity contribution in [2.75, 3.05) is 13.1 Å². The highest BCUT2D eigenvalue weighted by atomic mass is 32.2. The van der Waals surface area contributed by atoms with Crippen molar-refractivity contribution in [1.29, 1.82) is 5.26 Å². The Morgan fingerprint density at radius 3 is 2.89 bits per heavy atom. The molecule has 5 nitrogen and oxygen atoms in total. The normalized spacial score (nSPS) is 25.1. The number of thiophene rings is 1. The molecule has 1 fully saturated rings. The first-order valence-electron chi connectivity index (χ1n) is 6.22. The smallest absolute Gasteiger partial charge is 0.252 e. The van der Waals surface area contributed by atoms with Crippen LogP contribution in [0.4, 0.5) is 0 Å². The van der Waals surface area contributed by atoms with Gasteiger partial charge in [-0.2, -0.15) is 9.57 Å². The monoisotopic (exact) mass is 299 g/mol. The van der Waals surface area contributed by atoms with E-state index in [1.165, 1.54) is 10.4 Å². The molecular formula is C12H17N3O2S2. The molecule has 0 bridgehead atoms. The maximum absolute atomic E-state index is 12.6. The third-order valence-corrected chi connectivity index (χ3v) is 6.94. The SMILES string of the molecule is CC1CCCN(S(=O)(=O)c2ccc(C#N)s2)C1CN. The third kappa shape index (κ3) is 2.67. The summed E-state index contributed by atoms with van der Waals surface area (Å²) in [5, 5.41) is 8.80. The minimum atomic E-state index is -3.52. The minimum absolute atomic E-state index is 0.147. The number of hydrogen-bond acceptors (Lipinski definition) is 5. The summed E-state index contributed by atoms with van der Waals surface area (Å²) in [5.41, 5.74) is 5.74. The fourth-order valence-corrected chi connectivity index (χ4v) is 5.50. The van der Waals surface area contributed by atoms with E-state index in [-0.39, 0.29) is 16.2 Å². The second kappa shape index (κ2) is 5.59. The zero-order valence-corrected chi connectivity index (χ0v) is 12.4. The van der Waals surface area contributed by atoms with Gasteiger partial charge in [-0.15, -0.1) is 11.3 Å². The fourth-order valence-electron chi connectivity index (χ4n) is 2.49. The number of sulfonamides is 1. The van der Waals surface area contributed by atoms with Crippen molar-refractivity contribution in [3.8, 4) is 6.07 Å². The van der Waals surface area contributed by atoms with Crippen LogP contribution in [0.3, 0.4) is 0 Å². The molecule has 104 valence electrons. The van der Waals surface area contributed by atoms with Gasteiger partial charge in [-0.05, 0) is 30.9 Å². The Morgan fingerprint density at radius 1 is 1.58 bits per heavy atom. The fraction of sp³-hybridized carbons (Fsp3) is 0.583. The minimum Gasteiger partial charge on any atom is -0.329 e. The topological polar surface area (TPSA) is 87.2 Å². The van der Waals surface area contributed by atoms with Gasteiger partial charge in [-0.25, -0.2) is 8.42 Å². The molecule has 1 saturated heterocycles. The van der Waals surface area contributed by atoms with Crippen molar-refractivity contribution in [1.82, 2.24) is 4.31 Å². The number of nitriles is 1. The predicted octanol–water partition coefficient (Wildman–Crippen LogP) is 1.37. The highest BCUT2D eigenvalue weighted by Crippen LogP contribution is 2.31. The van der Waals surface area contributed by atoms with Crippen molar-refractivity contribution in [3.63, 3.8) is 0 Å². The Morgan fingerprint density at radius 2 is 2.32 bits per heavy atom. The molecule has 2 N–H and O–H groups in total. The standard InChI is InChI=1S/C12H17N3O2S2/c1-9-3-2-6-15(11(9)8-14)19(16,17)12-5-4-10(7-13)18-12/h4-5,9,11H,2-3,6,8,14H2,1H3. The van der Waals surface area contributed by atoms with E-state index < -0.39 is 10.0 Å². The molecule has 0 saturated carbocycles. The Hall–Kier alpha value is -0.940. The second-order valence-corrected chi connectivity index (χ2v) is 7.97. The van der Waals surface area contributed by atoms with Crippen molar-refractivity contribution >= 4 is 21.4 Å². The molecule has 0 spiro atoms. The first-order valence-corrected chi connectivity index (χ1v) is 8.48. The van der Waals surface area contributed by atoms with Gasteiger partial charge in [0.25, 0.3) is 10.0 Å². The third-order valence-electron chi connectivity index (χ3n) is 3.56. The van der Waals surface area contributed by atoms with Crippen LogP contribution < -0.4 is 5.73 Å². The molecule has 1 aliphatic rings. The van der Waals surface area contributed by atoms with Gasteiger partial charge < -0.3 is 5.73 Å². The van der Waals surface area contributed by atoms with Crippen LogP contribution in [-0.2, 0) is 10.0 Å². The van der Waals surface area contributed by atoms with Crippen LogP contribution in [-0.4, -0.2) is 31.9 Å². The van der Waals surface area contributed by atoms with E-state index in [4.69, 9.17) is 11.0 Å². The maximum Gasteiger partial charge on any atom is 0.252 e. The van der Waals surface area contributed by atoms with E-state index in [1.807, 2.05) is 13.0 Å². The first-order chi connectivity index (χ1) is 9.00. The lowest BCUT2D eigenvalue weighted by Crippen LogP contribution is -2.51. The summed E-state index contributed by atoms with van der Waals surface area (Å²) in [6.45, 7) is 2.87. The largest absolute Gasteiger partial charge is 0.329 e. The van der Waals surface area contributed by atoms with Crippen LogP contribution in [0.5, 0.6) is 0 Å². The Balaban J connectivity index is 2.35. The summed E-state index contributed by atoms with van der Waals surface area (Å²) < 4.78 is 26.9. The second-order valence-electron chi connectivity index (χ2n) is 4.77. The van der Waals surface area contributed by atoms with Crippen molar-refractivity contribution in [2.45, 2.75) is 30.0 Å². The highest BCUT2D eigenvalue weighted by Gasteiger charge is 2.37. The molecule has 7 heteroatoms. The number of rotatable bonds is 3. The Bertz CT molecular complexity index is 588. The molecule has 2 unspecified atom stereocenters. The summed E-state index contributed by atoms with van der Waals surface area (Å²) in [4.78, 5) is 0.410. The van der Waals surface area contributed by atoms with Gasteiger partial charge in [0.2, 0.25) is 0 Å². The summed E-state index contributed by atoms with van der Waals surface area (Å²) in [6, 6.07) is 4.87. The summed E-state index contributed by atoms with van der Waals surface area (Å²) in [6.07, 6.45) is 1.86. The van der Waals surface area contributed by atoms with Crippen molar-refractivity contribution in [2.24, 2.45) is 11.7 Å². The molecule has 0 aromatic carbocycles. The van der Waals surface area contributed by atoms with Crippen LogP contribution in [0.15, 0.2) is 16.3 Å². The van der Waals surface area contributed by atoms with Gasteiger partial charge in [0, 0.05) is 19.1 Å². The molecule has 2 atom stereocenters. The zero-order valence-electron chi connectivity index (χ0n) is 10.7. The van der Waals surface area contributed by atoms with Gasteiger partial charge in [0.1, 0.15) is 15.2 Å². The number of piperidine rings is 1.